The van der Waals surface area contributed by atoms with Gasteiger partial charge in [-0.15, -0.1) is 0 Å². The maximum atomic E-state index is 14.0. The van der Waals surface area contributed by atoms with Crippen LogP contribution in [-0.2, 0) is 0 Å². The minimum absolute atomic E-state index is 0.198. The van der Waals surface area contributed by atoms with Crippen LogP contribution < -0.4 is 0 Å². The lowest BCUT2D eigenvalue weighted by Gasteiger charge is -2.09. The molecule has 0 fully saturated rings. The second-order valence-electron chi connectivity index (χ2n) is 4.55. The quantitative estimate of drug-likeness (QED) is 0.493. The van der Waals surface area contributed by atoms with Gasteiger partial charge in [0.05, 0.1) is 5.02 Å². The monoisotopic (exact) mass is 384 g/mol. The number of aryl methyl sites for hydroxylation is 1. The third kappa shape index (κ3) is 2.63. The molecule has 0 aliphatic heterocycles. The zero-order chi connectivity index (χ0) is 15.1. The van der Waals surface area contributed by atoms with E-state index in [4.69, 9.17) is 23.2 Å². The SMILES string of the molecule is Cc1ccc(F)c2nc(-c3ccc(Br)cc3Cl)nc(Cl)c12. The van der Waals surface area contributed by atoms with Crippen molar-refractivity contribution in [1.82, 2.24) is 9.97 Å². The van der Waals surface area contributed by atoms with Crippen LogP contribution in [0.4, 0.5) is 4.39 Å². The Labute approximate surface area is 139 Å². The second kappa shape index (κ2) is 5.52. The van der Waals surface area contributed by atoms with Crippen LogP contribution >= 0.6 is 39.1 Å². The highest BCUT2D eigenvalue weighted by molar-refractivity contribution is 9.10. The van der Waals surface area contributed by atoms with Crippen LogP contribution in [0.3, 0.4) is 0 Å². The fourth-order valence-electron chi connectivity index (χ4n) is 2.11. The van der Waals surface area contributed by atoms with Crippen LogP contribution in [0.2, 0.25) is 10.2 Å². The lowest BCUT2D eigenvalue weighted by molar-refractivity contribution is 0.636. The highest BCUT2D eigenvalue weighted by Crippen LogP contribution is 2.32. The molecule has 3 aromatic rings. The average molecular weight is 386 g/mol. The van der Waals surface area contributed by atoms with Crippen LogP contribution in [-0.4, -0.2) is 9.97 Å². The van der Waals surface area contributed by atoms with Crippen LogP contribution in [0.15, 0.2) is 34.8 Å². The predicted octanol–water partition coefficient (Wildman–Crippen LogP) is 5.81. The first-order valence-electron chi connectivity index (χ1n) is 6.05. The van der Waals surface area contributed by atoms with Gasteiger partial charge in [-0.05, 0) is 36.8 Å². The van der Waals surface area contributed by atoms with Crippen molar-refractivity contribution in [2.45, 2.75) is 6.92 Å². The standard InChI is InChI=1S/C15H8BrCl2FN2/c1-7-2-5-11(19)13-12(7)14(18)21-15(20-13)9-4-3-8(16)6-10(9)17/h2-6H,1H3. The van der Waals surface area contributed by atoms with Crippen LogP contribution in [0.1, 0.15) is 5.56 Å². The van der Waals surface area contributed by atoms with Gasteiger partial charge in [0.15, 0.2) is 5.82 Å². The van der Waals surface area contributed by atoms with Crippen molar-refractivity contribution in [2.24, 2.45) is 0 Å². The molecule has 0 saturated carbocycles. The lowest BCUT2D eigenvalue weighted by atomic mass is 10.1. The molecule has 2 aromatic carbocycles. The molecular weight excluding hydrogens is 378 g/mol. The molecule has 0 radical (unpaired) electrons. The first kappa shape index (κ1) is 14.7. The largest absolute Gasteiger partial charge is 0.225 e. The summed E-state index contributed by atoms with van der Waals surface area (Å²) in [6.45, 7) is 1.84. The number of fused-ring (bicyclic) bond motifs is 1. The van der Waals surface area contributed by atoms with Gasteiger partial charge < -0.3 is 0 Å². The number of nitrogens with zero attached hydrogens (tertiary/aromatic N) is 2. The Balaban J connectivity index is 2.33. The van der Waals surface area contributed by atoms with E-state index < -0.39 is 5.82 Å². The van der Waals surface area contributed by atoms with Gasteiger partial charge in [0.2, 0.25) is 0 Å². The van der Waals surface area contributed by atoms with Gasteiger partial charge in [-0.3, -0.25) is 0 Å². The molecule has 21 heavy (non-hydrogen) atoms. The zero-order valence-electron chi connectivity index (χ0n) is 10.8. The van der Waals surface area contributed by atoms with Gasteiger partial charge in [-0.1, -0.05) is 45.2 Å². The third-order valence-corrected chi connectivity index (χ3v) is 4.22. The van der Waals surface area contributed by atoms with Crippen molar-refractivity contribution in [2.75, 3.05) is 0 Å². The maximum Gasteiger partial charge on any atom is 0.163 e. The molecule has 0 saturated heterocycles. The number of benzene rings is 2. The van der Waals surface area contributed by atoms with Gasteiger partial charge in [0.1, 0.15) is 16.5 Å². The Morgan fingerprint density at radius 3 is 2.57 bits per heavy atom. The number of aromatic nitrogens is 2. The summed E-state index contributed by atoms with van der Waals surface area (Å²) in [5, 5.41) is 1.20. The highest BCUT2D eigenvalue weighted by Gasteiger charge is 2.15. The summed E-state index contributed by atoms with van der Waals surface area (Å²) in [6, 6.07) is 8.32. The Kier molecular flexibility index (Phi) is 3.86. The molecule has 106 valence electrons. The molecule has 0 atom stereocenters. The molecule has 1 aromatic heterocycles. The Bertz CT molecular complexity index is 868. The molecular formula is C15H8BrCl2FN2. The Morgan fingerprint density at radius 2 is 1.86 bits per heavy atom. The molecule has 0 aliphatic carbocycles. The summed E-state index contributed by atoms with van der Waals surface area (Å²) in [7, 11) is 0. The highest BCUT2D eigenvalue weighted by atomic mass is 79.9. The summed E-state index contributed by atoms with van der Waals surface area (Å²) in [6.07, 6.45) is 0. The fraction of sp³-hybridized carbons (Fsp3) is 0.0667. The van der Waals surface area contributed by atoms with Crippen molar-refractivity contribution in [3.05, 3.63) is 56.4 Å². The molecule has 0 unspecified atom stereocenters. The third-order valence-electron chi connectivity index (χ3n) is 3.14. The fourth-order valence-corrected chi connectivity index (χ4v) is 3.18. The van der Waals surface area contributed by atoms with E-state index in [0.29, 0.717) is 21.8 Å². The van der Waals surface area contributed by atoms with Gasteiger partial charge >= 0.3 is 0 Å². The molecule has 0 bridgehead atoms. The van der Waals surface area contributed by atoms with E-state index in [0.717, 1.165) is 10.0 Å². The van der Waals surface area contributed by atoms with Crippen LogP contribution in [0.25, 0.3) is 22.3 Å². The summed E-state index contributed by atoms with van der Waals surface area (Å²) in [4.78, 5) is 8.54. The maximum absolute atomic E-state index is 14.0. The lowest BCUT2D eigenvalue weighted by Crippen LogP contribution is -1.96. The second-order valence-corrected chi connectivity index (χ2v) is 6.23. The Hall–Kier alpha value is -1.23. The first-order valence-corrected chi connectivity index (χ1v) is 7.60. The van der Waals surface area contributed by atoms with E-state index in [1.807, 2.05) is 13.0 Å². The topological polar surface area (TPSA) is 25.8 Å². The van der Waals surface area contributed by atoms with Crippen LogP contribution in [0, 0.1) is 12.7 Å². The Morgan fingerprint density at radius 1 is 1.10 bits per heavy atom. The van der Waals surface area contributed by atoms with Gasteiger partial charge in [0, 0.05) is 15.4 Å². The van der Waals surface area contributed by atoms with E-state index in [-0.39, 0.29) is 10.7 Å². The van der Waals surface area contributed by atoms with Crippen molar-refractivity contribution in [3.8, 4) is 11.4 Å². The molecule has 1 heterocycles. The zero-order valence-corrected chi connectivity index (χ0v) is 13.9. The minimum Gasteiger partial charge on any atom is -0.225 e. The minimum atomic E-state index is -0.436. The van der Waals surface area contributed by atoms with Crippen molar-refractivity contribution >= 4 is 50.0 Å². The summed E-state index contributed by atoms with van der Waals surface area (Å²) < 4.78 is 14.9. The molecule has 0 N–H and O–H groups in total. The molecule has 0 aliphatic rings. The van der Waals surface area contributed by atoms with E-state index in [1.54, 1.807) is 18.2 Å². The molecule has 3 rings (SSSR count). The van der Waals surface area contributed by atoms with E-state index >= 15 is 0 Å². The van der Waals surface area contributed by atoms with E-state index in [9.17, 15) is 4.39 Å². The first-order chi connectivity index (χ1) is 9.97. The van der Waals surface area contributed by atoms with Crippen molar-refractivity contribution in [3.63, 3.8) is 0 Å². The van der Waals surface area contributed by atoms with Gasteiger partial charge in [-0.25, -0.2) is 14.4 Å². The summed E-state index contributed by atoms with van der Waals surface area (Å²) in [5.41, 5.74) is 1.62. The molecule has 2 nitrogen and oxygen atoms in total. The normalized spacial score (nSPS) is 11.1. The van der Waals surface area contributed by atoms with E-state index in [2.05, 4.69) is 25.9 Å². The summed E-state index contributed by atoms with van der Waals surface area (Å²) >= 11 is 15.7. The van der Waals surface area contributed by atoms with Crippen LogP contribution in [0.5, 0.6) is 0 Å². The number of hydrogen-bond acceptors (Lipinski definition) is 2. The van der Waals surface area contributed by atoms with Crippen molar-refractivity contribution in [1.29, 1.82) is 0 Å². The smallest absolute Gasteiger partial charge is 0.163 e. The van der Waals surface area contributed by atoms with Crippen molar-refractivity contribution < 1.29 is 4.39 Å². The van der Waals surface area contributed by atoms with E-state index in [1.165, 1.54) is 6.07 Å². The molecule has 0 spiro atoms. The molecule has 0 amide bonds. The van der Waals surface area contributed by atoms with Gasteiger partial charge in [-0.2, -0.15) is 0 Å². The number of halogens is 4. The van der Waals surface area contributed by atoms with Gasteiger partial charge in [0.25, 0.3) is 0 Å². The predicted molar refractivity (Wildman–Crippen MR) is 87.4 cm³/mol. The molecule has 6 heteroatoms. The number of hydrogen-bond donors (Lipinski definition) is 0. The number of rotatable bonds is 1. The average Bonchev–Trinajstić information content (AvgIpc) is 2.42. The summed E-state index contributed by atoms with van der Waals surface area (Å²) in [5.74, 6) is -0.135.